The minimum absolute atomic E-state index is 0.851. The molecule has 10 rings (SSSR count). The van der Waals surface area contributed by atoms with Crippen molar-refractivity contribution in [3.63, 3.8) is 0 Å². The molecule has 0 aliphatic heterocycles. The maximum atomic E-state index is 6.60. The van der Waals surface area contributed by atoms with E-state index in [2.05, 4.69) is 157 Å². The molecule has 2 aromatic heterocycles. The number of anilines is 3. The molecule has 230 valence electrons. The summed E-state index contributed by atoms with van der Waals surface area (Å²) in [5.74, 6) is 0. The molecule has 0 bridgehead atoms. The third kappa shape index (κ3) is 4.37. The summed E-state index contributed by atoms with van der Waals surface area (Å²) in [4.78, 5) is 2.41. The number of para-hydroxylation sites is 5. The van der Waals surface area contributed by atoms with Gasteiger partial charge in [-0.25, -0.2) is 0 Å². The van der Waals surface area contributed by atoms with Gasteiger partial charge in [0.05, 0.1) is 22.4 Å². The molecule has 0 radical (unpaired) electrons. The molecular formula is C46H29NO2. The number of hydrogen-bond donors (Lipinski definition) is 0. The molecule has 0 atom stereocenters. The van der Waals surface area contributed by atoms with Gasteiger partial charge in [-0.05, 0) is 58.8 Å². The highest BCUT2D eigenvalue weighted by molar-refractivity contribution is 6.15. The fourth-order valence-electron chi connectivity index (χ4n) is 7.46. The average Bonchev–Trinajstić information content (AvgIpc) is 3.74. The molecule has 0 amide bonds. The first-order valence-corrected chi connectivity index (χ1v) is 16.6. The van der Waals surface area contributed by atoms with Crippen LogP contribution >= 0.6 is 0 Å². The van der Waals surface area contributed by atoms with Crippen molar-refractivity contribution in [2.45, 2.75) is 0 Å². The molecule has 0 fully saturated rings. The molecule has 0 saturated heterocycles. The fraction of sp³-hybridized carbons (Fsp3) is 0. The van der Waals surface area contributed by atoms with Gasteiger partial charge in [0.25, 0.3) is 0 Å². The van der Waals surface area contributed by atoms with E-state index in [-0.39, 0.29) is 0 Å². The minimum Gasteiger partial charge on any atom is -0.456 e. The van der Waals surface area contributed by atoms with E-state index < -0.39 is 0 Å². The quantitative estimate of drug-likeness (QED) is 0.190. The molecule has 10 aromatic rings. The second-order valence-electron chi connectivity index (χ2n) is 12.5. The first-order chi connectivity index (χ1) is 24.3. The average molecular weight is 628 g/mol. The maximum absolute atomic E-state index is 6.60. The van der Waals surface area contributed by atoms with E-state index in [0.717, 1.165) is 83.2 Å². The maximum Gasteiger partial charge on any atom is 0.143 e. The Balaban J connectivity index is 1.29. The normalized spacial score (nSPS) is 11.7. The summed E-state index contributed by atoms with van der Waals surface area (Å²) in [6, 6.07) is 62.0. The second-order valence-corrected chi connectivity index (χ2v) is 12.5. The molecule has 3 heteroatoms. The largest absolute Gasteiger partial charge is 0.456 e. The molecule has 0 saturated carbocycles. The monoisotopic (exact) mass is 627 g/mol. The van der Waals surface area contributed by atoms with Gasteiger partial charge in [-0.1, -0.05) is 133 Å². The van der Waals surface area contributed by atoms with Gasteiger partial charge < -0.3 is 13.7 Å². The predicted octanol–water partition coefficient (Wildman–Crippen LogP) is 13.4. The van der Waals surface area contributed by atoms with Gasteiger partial charge in [0.1, 0.15) is 22.3 Å². The molecule has 0 unspecified atom stereocenters. The van der Waals surface area contributed by atoms with Gasteiger partial charge in [-0.2, -0.15) is 0 Å². The molecule has 0 aliphatic rings. The second kappa shape index (κ2) is 11.0. The van der Waals surface area contributed by atoms with Gasteiger partial charge in [-0.3, -0.25) is 0 Å². The first kappa shape index (κ1) is 27.5. The van der Waals surface area contributed by atoms with Crippen LogP contribution in [0, 0.1) is 0 Å². The van der Waals surface area contributed by atoms with Crippen LogP contribution in [0.5, 0.6) is 0 Å². The van der Waals surface area contributed by atoms with Crippen molar-refractivity contribution in [1.82, 2.24) is 0 Å². The lowest BCUT2D eigenvalue weighted by Crippen LogP contribution is -2.13. The number of fused-ring (bicyclic) bond motifs is 7. The summed E-state index contributed by atoms with van der Waals surface area (Å²) >= 11 is 0. The Morgan fingerprint density at radius 2 is 0.918 bits per heavy atom. The molecule has 3 nitrogen and oxygen atoms in total. The number of hydrogen-bond acceptors (Lipinski definition) is 3. The molecule has 8 aromatic carbocycles. The van der Waals surface area contributed by atoms with Gasteiger partial charge in [0, 0.05) is 32.8 Å². The van der Waals surface area contributed by atoms with E-state index in [1.807, 2.05) is 24.3 Å². The lowest BCUT2D eigenvalue weighted by molar-refractivity contribution is 0.669. The van der Waals surface area contributed by atoms with Crippen LogP contribution in [0.1, 0.15) is 0 Å². The molecule has 49 heavy (non-hydrogen) atoms. The first-order valence-electron chi connectivity index (χ1n) is 16.6. The number of benzene rings is 8. The minimum atomic E-state index is 0.851. The SMILES string of the molecule is c1ccc(N(c2ccccc2-c2cccc3c2oc2ccccc23)c2cccc3oc4ccccc4c23)c(-c2ccc3ccccc3c2)c1. The van der Waals surface area contributed by atoms with Crippen LogP contribution in [-0.2, 0) is 0 Å². The van der Waals surface area contributed by atoms with Crippen LogP contribution in [0.3, 0.4) is 0 Å². The van der Waals surface area contributed by atoms with E-state index in [4.69, 9.17) is 8.83 Å². The van der Waals surface area contributed by atoms with Crippen molar-refractivity contribution in [2.75, 3.05) is 4.90 Å². The smallest absolute Gasteiger partial charge is 0.143 e. The Hall–Kier alpha value is -6.58. The van der Waals surface area contributed by atoms with E-state index in [1.165, 1.54) is 10.8 Å². The van der Waals surface area contributed by atoms with Crippen molar-refractivity contribution in [3.05, 3.63) is 176 Å². The zero-order valence-corrected chi connectivity index (χ0v) is 26.5. The van der Waals surface area contributed by atoms with Crippen molar-refractivity contribution in [2.24, 2.45) is 0 Å². The number of nitrogens with zero attached hydrogens (tertiary/aromatic N) is 1. The highest BCUT2D eigenvalue weighted by atomic mass is 16.3. The Morgan fingerprint density at radius 3 is 1.78 bits per heavy atom. The van der Waals surface area contributed by atoms with Crippen LogP contribution in [0.15, 0.2) is 185 Å². The lowest BCUT2D eigenvalue weighted by atomic mass is 9.96. The Bertz CT molecular complexity index is 2860. The summed E-state index contributed by atoms with van der Waals surface area (Å²) in [6.45, 7) is 0. The van der Waals surface area contributed by atoms with Gasteiger partial charge in [-0.15, -0.1) is 0 Å². The summed E-state index contributed by atoms with van der Waals surface area (Å²) in [5, 5.41) is 6.81. The van der Waals surface area contributed by atoms with Crippen molar-refractivity contribution >= 4 is 71.7 Å². The number of rotatable bonds is 5. The lowest BCUT2D eigenvalue weighted by Gasteiger charge is -2.30. The van der Waals surface area contributed by atoms with Crippen molar-refractivity contribution < 1.29 is 8.83 Å². The third-order valence-corrected chi connectivity index (χ3v) is 9.67. The van der Waals surface area contributed by atoms with Gasteiger partial charge >= 0.3 is 0 Å². The summed E-state index contributed by atoms with van der Waals surface area (Å²) in [7, 11) is 0. The highest BCUT2D eigenvalue weighted by Crippen LogP contribution is 2.49. The molecular weight excluding hydrogens is 599 g/mol. The molecule has 0 spiro atoms. The van der Waals surface area contributed by atoms with E-state index >= 15 is 0 Å². The van der Waals surface area contributed by atoms with Gasteiger partial charge in [0.15, 0.2) is 0 Å². The summed E-state index contributed by atoms with van der Waals surface area (Å²) in [5.41, 5.74) is 11.0. The van der Waals surface area contributed by atoms with Crippen LogP contribution < -0.4 is 4.90 Å². The summed E-state index contributed by atoms with van der Waals surface area (Å²) in [6.07, 6.45) is 0. The van der Waals surface area contributed by atoms with E-state index in [9.17, 15) is 0 Å². The fourth-order valence-corrected chi connectivity index (χ4v) is 7.46. The van der Waals surface area contributed by atoms with Crippen molar-refractivity contribution in [1.29, 1.82) is 0 Å². The third-order valence-electron chi connectivity index (χ3n) is 9.67. The zero-order valence-electron chi connectivity index (χ0n) is 26.5. The van der Waals surface area contributed by atoms with Crippen LogP contribution in [0.25, 0.3) is 76.9 Å². The topological polar surface area (TPSA) is 29.5 Å². The zero-order chi connectivity index (χ0) is 32.3. The molecule has 0 N–H and O–H groups in total. The number of furan rings is 2. The van der Waals surface area contributed by atoms with Crippen molar-refractivity contribution in [3.8, 4) is 22.3 Å². The standard InChI is InChI=1S/C46H29NO2/c1-2-14-31-29-32(28-27-30(31)13-1)33-15-3-7-21-39(33)47(41-23-12-26-44-45(41)38-18-6-10-25-43(38)48-44)40-22-8-4-16-34(40)36-19-11-20-37-35-17-5-9-24-42(35)49-46(36)37/h1-29H. The van der Waals surface area contributed by atoms with Gasteiger partial charge in [0.2, 0.25) is 0 Å². The Morgan fingerprint density at radius 1 is 0.347 bits per heavy atom. The van der Waals surface area contributed by atoms with Crippen LogP contribution in [0.4, 0.5) is 17.1 Å². The Labute approximate surface area is 282 Å². The van der Waals surface area contributed by atoms with Crippen LogP contribution in [0.2, 0.25) is 0 Å². The highest BCUT2D eigenvalue weighted by Gasteiger charge is 2.25. The van der Waals surface area contributed by atoms with E-state index in [0.29, 0.717) is 0 Å². The summed E-state index contributed by atoms with van der Waals surface area (Å²) < 4.78 is 13.0. The van der Waals surface area contributed by atoms with E-state index in [1.54, 1.807) is 0 Å². The predicted molar refractivity (Wildman–Crippen MR) is 204 cm³/mol. The van der Waals surface area contributed by atoms with Crippen LogP contribution in [-0.4, -0.2) is 0 Å². The molecule has 0 aliphatic carbocycles. The Kier molecular flexibility index (Phi) is 6.18. The molecule has 2 heterocycles.